The monoisotopic (exact) mass is 447 g/mol. The number of nitrogens with one attached hydrogen (secondary N) is 1. The van der Waals surface area contributed by atoms with Gasteiger partial charge in [-0.15, -0.1) is 0 Å². The van der Waals surface area contributed by atoms with Crippen LogP contribution in [0.25, 0.3) is 0 Å². The van der Waals surface area contributed by atoms with Crippen LogP contribution in [0.15, 0.2) is 18.3 Å². The van der Waals surface area contributed by atoms with Gasteiger partial charge in [-0.2, -0.15) is 0 Å². The van der Waals surface area contributed by atoms with Gasteiger partial charge in [0, 0.05) is 36.7 Å². The normalized spacial score (nSPS) is 20.3. The number of anilines is 1. The number of amides is 2. The molecule has 3 heterocycles. The second-order valence-electron chi connectivity index (χ2n) is 9.21. The molecule has 2 amide bonds. The van der Waals surface area contributed by atoms with Gasteiger partial charge in [-0.3, -0.25) is 19.7 Å². The van der Waals surface area contributed by atoms with E-state index in [9.17, 15) is 14.4 Å². The zero-order valence-electron chi connectivity index (χ0n) is 19.5. The largest absolute Gasteiger partial charge is 0.467 e. The molecule has 2 saturated heterocycles. The second-order valence-corrected chi connectivity index (χ2v) is 9.21. The second kappa shape index (κ2) is 9.72. The number of methoxy groups -OCH3 is 1. The first-order valence-electron chi connectivity index (χ1n) is 10.9. The van der Waals surface area contributed by atoms with E-state index in [2.05, 4.69) is 21.4 Å². The lowest BCUT2D eigenvalue weighted by atomic mass is 10.0. The van der Waals surface area contributed by atoms with E-state index in [-0.39, 0.29) is 25.0 Å². The van der Waals surface area contributed by atoms with Gasteiger partial charge in [0.2, 0.25) is 0 Å². The van der Waals surface area contributed by atoms with Crippen molar-refractivity contribution in [2.45, 2.75) is 58.2 Å². The van der Waals surface area contributed by atoms with Gasteiger partial charge in [0.15, 0.2) is 6.04 Å². The van der Waals surface area contributed by atoms with Gasteiger partial charge < -0.3 is 14.4 Å². The third-order valence-electron chi connectivity index (χ3n) is 5.49. The van der Waals surface area contributed by atoms with Crippen LogP contribution in [-0.2, 0) is 19.1 Å². The fraction of sp³-hybridized carbons (Fsp3) is 0.636. The van der Waals surface area contributed by atoms with Crippen LogP contribution in [0, 0.1) is 6.92 Å². The van der Waals surface area contributed by atoms with Crippen molar-refractivity contribution in [3.05, 3.63) is 24.0 Å². The number of rotatable bonds is 4. The van der Waals surface area contributed by atoms with Crippen molar-refractivity contribution in [1.82, 2.24) is 20.3 Å². The molecule has 0 saturated carbocycles. The molecule has 1 aromatic rings. The minimum Gasteiger partial charge on any atom is -0.467 e. The number of piperidine rings is 1. The number of hydrazine groups is 1. The topological polar surface area (TPSA) is 104 Å². The number of aryl methyl sites for hydroxylation is 1. The number of ether oxygens (including phenoxy) is 2. The summed E-state index contributed by atoms with van der Waals surface area (Å²) in [6.07, 6.45) is 2.78. The van der Waals surface area contributed by atoms with E-state index in [1.165, 1.54) is 17.0 Å². The van der Waals surface area contributed by atoms with E-state index >= 15 is 0 Å². The van der Waals surface area contributed by atoms with E-state index < -0.39 is 23.7 Å². The average Bonchev–Trinajstić information content (AvgIpc) is 2.73. The number of piperazine rings is 1. The number of hydrogen-bond donors (Lipinski definition) is 1. The molecule has 10 heteroatoms. The van der Waals surface area contributed by atoms with Crippen molar-refractivity contribution >= 4 is 23.7 Å². The average molecular weight is 448 g/mol. The summed E-state index contributed by atoms with van der Waals surface area (Å²) in [6, 6.07) is 3.14. The molecule has 1 aromatic heterocycles. The quantitative estimate of drug-likeness (QED) is 0.693. The minimum absolute atomic E-state index is 0.00939. The zero-order valence-corrected chi connectivity index (χ0v) is 19.5. The first kappa shape index (κ1) is 23.8. The predicted molar refractivity (Wildman–Crippen MR) is 118 cm³/mol. The Kier molecular flexibility index (Phi) is 7.22. The van der Waals surface area contributed by atoms with Crippen LogP contribution in [0.3, 0.4) is 0 Å². The number of nitrogens with zero attached hydrogens (tertiary/aromatic N) is 4. The Morgan fingerprint density at radius 3 is 2.50 bits per heavy atom. The summed E-state index contributed by atoms with van der Waals surface area (Å²) in [5, 5.41) is 1.34. The lowest BCUT2D eigenvalue weighted by Crippen LogP contribution is -2.67. The Hall–Kier alpha value is -2.88. The molecule has 0 spiro atoms. The molecule has 1 unspecified atom stereocenters. The van der Waals surface area contributed by atoms with E-state index in [1.54, 1.807) is 27.0 Å². The predicted octanol–water partition coefficient (Wildman–Crippen LogP) is 1.48. The molecule has 32 heavy (non-hydrogen) atoms. The Balaban J connectivity index is 1.63. The van der Waals surface area contributed by atoms with Gasteiger partial charge >= 0.3 is 12.1 Å². The summed E-state index contributed by atoms with van der Waals surface area (Å²) in [4.78, 5) is 45.6. The van der Waals surface area contributed by atoms with E-state index in [0.717, 1.165) is 37.3 Å². The zero-order chi connectivity index (χ0) is 23.5. The SMILES string of the molecule is COC(=O)C1CN(C(=O)OC(C)(C)C)CC(=O)N1NC1CCN(c2ccnc(C)c2)CC1. The number of carbonyl (C=O) groups excluding carboxylic acids is 3. The lowest BCUT2D eigenvalue weighted by Gasteiger charge is -2.43. The third kappa shape index (κ3) is 5.87. The minimum atomic E-state index is -0.936. The molecule has 2 aliphatic heterocycles. The molecule has 2 aliphatic rings. The Labute approximate surface area is 188 Å². The van der Waals surface area contributed by atoms with Crippen molar-refractivity contribution in [3.63, 3.8) is 0 Å². The van der Waals surface area contributed by atoms with Crippen molar-refractivity contribution in [2.75, 3.05) is 38.2 Å². The van der Waals surface area contributed by atoms with Crippen molar-refractivity contribution in [2.24, 2.45) is 0 Å². The standard InChI is InChI=1S/C22H33N5O5/c1-15-12-17(6-9-23-15)25-10-7-16(8-11-25)24-27-18(20(29)31-5)13-26(14-19(27)28)21(30)32-22(2,3)4/h6,9,12,16,18,24H,7-8,10-11,13-14H2,1-5H3. The third-order valence-corrected chi connectivity index (χ3v) is 5.49. The maximum absolute atomic E-state index is 12.9. The summed E-state index contributed by atoms with van der Waals surface area (Å²) >= 11 is 0. The maximum atomic E-state index is 12.9. The molecule has 176 valence electrons. The van der Waals surface area contributed by atoms with Crippen LogP contribution in [0.4, 0.5) is 10.5 Å². The molecule has 2 fully saturated rings. The van der Waals surface area contributed by atoms with E-state index in [0.29, 0.717) is 0 Å². The highest BCUT2D eigenvalue weighted by atomic mass is 16.6. The Morgan fingerprint density at radius 2 is 1.91 bits per heavy atom. The highest BCUT2D eigenvalue weighted by molar-refractivity contribution is 5.89. The van der Waals surface area contributed by atoms with Crippen molar-refractivity contribution in [3.8, 4) is 0 Å². The first-order valence-corrected chi connectivity index (χ1v) is 10.9. The molecule has 3 rings (SSSR count). The molecular formula is C22H33N5O5. The molecule has 1 atom stereocenters. The smallest absolute Gasteiger partial charge is 0.410 e. The Bertz CT molecular complexity index is 847. The molecule has 1 N–H and O–H groups in total. The summed E-state index contributed by atoms with van der Waals surface area (Å²) < 4.78 is 10.3. The number of carbonyl (C=O) groups is 3. The lowest BCUT2D eigenvalue weighted by molar-refractivity contribution is -0.162. The molecule has 0 aliphatic carbocycles. The molecular weight excluding hydrogens is 414 g/mol. The number of hydrogen-bond acceptors (Lipinski definition) is 8. The van der Waals surface area contributed by atoms with Crippen LogP contribution < -0.4 is 10.3 Å². The summed E-state index contributed by atoms with van der Waals surface area (Å²) in [7, 11) is 1.27. The van der Waals surface area contributed by atoms with Crippen LogP contribution in [0.5, 0.6) is 0 Å². The fourth-order valence-corrected chi connectivity index (χ4v) is 3.90. The number of pyridine rings is 1. The van der Waals surface area contributed by atoms with Crippen LogP contribution >= 0.6 is 0 Å². The first-order chi connectivity index (χ1) is 15.1. The molecule has 0 aromatic carbocycles. The van der Waals surface area contributed by atoms with Crippen LogP contribution in [0.2, 0.25) is 0 Å². The van der Waals surface area contributed by atoms with Gasteiger partial charge in [0.1, 0.15) is 12.1 Å². The summed E-state index contributed by atoms with van der Waals surface area (Å²) in [6.45, 7) is 8.70. The summed E-state index contributed by atoms with van der Waals surface area (Å²) in [5.41, 5.74) is 4.63. The van der Waals surface area contributed by atoms with Crippen LogP contribution in [0.1, 0.15) is 39.3 Å². The van der Waals surface area contributed by atoms with Crippen molar-refractivity contribution in [1.29, 1.82) is 0 Å². The van der Waals surface area contributed by atoms with Gasteiger partial charge in [-0.1, -0.05) is 0 Å². The molecule has 10 nitrogen and oxygen atoms in total. The van der Waals surface area contributed by atoms with Gasteiger partial charge in [0.05, 0.1) is 13.7 Å². The van der Waals surface area contributed by atoms with Gasteiger partial charge in [-0.05, 0) is 52.7 Å². The van der Waals surface area contributed by atoms with Crippen molar-refractivity contribution < 1.29 is 23.9 Å². The van der Waals surface area contributed by atoms with E-state index in [1.807, 2.05) is 13.0 Å². The Morgan fingerprint density at radius 1 is 1.22 bits per heavy atom. The molecule has 0 bridgehead atoms. The van der Waals surface area contributed by atoms with E-state index in [4.69, 9.17) is 9.47 Å². The van der Waals surface area contributed by atoms with Gasteiger partial charge in [-0.25, -0.2) is 15.0 Å². The van der Waals surface area contributed by atoms with Gasteiger partial charge in [0.25, 0.3) is 5.91 Å². The summed E-state index contributed by atoms with van der Waals surface area (Å²) in [5.74, 6) is -0.950. The number of esters is 1. The fourth-order valence-electron chi connectivity index (χ4n) is 3.90. The highest BCUT2D eigenvalue weighted by Crippen LogP contribution is 2.22. The molecule has 0 radical (unpaired) electrons. The number of aromatic nitrogens is 1. The van der Waals surface area contributed by atoms with Crippen LogP contribution in [-0.4, -0.2) is 83.8 Å². The highest BCUT2D eigenvalue weighted by Gasteiger charge is 2.42. The maximum Gasteiger partial charge on any atom is 0.410 e.